The summed E-state index contributed by atoms with van der Waals surface area (Å²) in [4.78, 5) is 31.1. The molecular formula is C24H26Cl2N4O2. The number of halogens is 2. The van der Waals surface area contributed by atoms with E-state index in [2.05, 4.69) is 10.3 Å². The third-order valence-electron chi connectivity index (χ3n) is 6.04. The molecule has 0 saturated carbocycles. The number of pyridine rings is 1. The van der Waals surface area contributed by atoms with Crippen molar-refractivity contribution in [1.82, 2.24) is 19.6 Å². The molecule has 6 nitrogen and oxygen atoms in total. The first-order chi connectivity index (χ1) is 15.5. The van der Waals surface area contributed by atoms with E-state index in [1.807, 2.05) is 21.6 Å². The molecule has 2 amide bonds. The maximum atomic E-state index is 12.7. The second-order valence-electron chi connectivity index (χ2n) is 8.23. The number of nitrogens with one attached hydrogen (secondary N) is 1. The summed E-state index contributed by atoms with van der Waals surface area (Å²) in [6, 6.07) is 8.67. The number of nitrogens with zero attached hydrogens (tertiary/aromatic N) is 3. The van der Waals surface area contributed by atoms with Gasteiger partial charge < -0.3 is 14.6 Å². The minimum Gasteiger partial charge on any atom is -0.352 e. The van der Waals surface area contributed by atoms with Crippen molar-refractivity contribution in [3.8, 4) is 0 Å². The molecule has 32 heavy (non-hydrogen) atoms. The Morgan fingerprint density at radius 2 is 1.81 bits per heavy atom. The fourth-order valence-corrected chi connectivity index (χ4v) is 4.45. The van der Waals surface area contributed by atoms with Crippen LogP contribution < -0.4 is 5.32 Å². The van der Waals surface area contributed by atoms with Crippen molar-refractivity contribution in [2.24, 2.45) is 5.92 Å². The number of hydrogen-bond acceptors (Lipinski definition) is 3. The van der Waals surface area contributed by atoms with E-state index >= 15 is 0 Å². The number of amides is 2. The molecule has 168 valence electrons. The summed E-state index contributed by atoms with van der Waals surface area (Å²) in [5.41, 5.74) is 2.04. The predicted molar refractivity (Wildman–Crippen MR) is 126 cm³/mol. The standard InChI is InChI=1S/C24H26Cl2N4O2/c25-20-6-4-18(15-21(20)26)24(32)29-12-8-17(9-13-29)3-1-2-10-28-23(31)19-5-7-22-27-11-14-30(22)16-19/h4-7,11,14-17H,1-3,8-10,12-13H2,(H,28,31). The molecule has 0 aliphatic carbocycles. The van der Waals surface area contributed by atoms with Gasteiger partial charge in [-0.15, -0.1) is 0 Å². The van der Waals surface area contributed by atoms with Crippen LogP contribution in [0.4, 0.5) is 0 Å². The Morgan fingerprint density at radius 1 is 1.03 bits per heavy atom. The first kappa shape index (κ1) is 22.6. The molecule has 0 atom stereocenters. The van der Waals surface area contributed by atoms with Gasteiger partial charge in [-0.2, -0.15) is 0 Å². The highest BCUT2D eigenvalue weighted by Gasteiger charge is 2.23. The summed E-state index contributed by atoms with van der Waals surface area (Å²) in [6.45, 7) is 2.18. The van der Waals surface area contributed by atoms with E-state index in [4.69, 9.17) is 23.2 Å². The fraction of sp³-hybridized carbons (Fsp3) is 0.375. The van der Waals surface area contributed by atoms with Crippen LogP contribution in [0.1, 0.15) is 52.8 Å². The van der Waals surface area contributed by atoms with Crippen LogP contribution in [0.2, 0.25) is 10.0 Å². The average molecular weight is 473 g/mol. The molecule has 0 unspecified atom stereocenters. The van der Waals surface area contributed by atoms with Crippen molar-refractivity contribution in [3.63, 3.8) is 0 Å². The minimum absolute atomic E-state index is 0.0126. The van der Waals surface area contributed by atoms with Crippen LogP contribution in [0.3, 0.4) is 0 Å². The second-order valence-corrected chi connectivity index (χ2v) is 9.04. The van der Waals surface area contributed by atoms with E-state index in [1.165, 1.54) is 0 Å². The SMILES string of the molecule is O=C(NCCCCC1CCN(C(=O)c2ccc(Cl)c(Cl)c2)CC1)c1ccc2nccn2c1. The molecule has 0 radical (unpaired) electrons. The zero-order valence-electron chi connectivity index (χ0n) is 17.8. The molecule has 1 aliphatic heterocycles. The number of likely N-dealkylation sites (tertiary alicyclic amines) is 1. The second kappa shape index (κ2) is 10.4. The van der Waals surface area contributed by atoms with Crippen molar-refractivity contribution in [3.05, 3.63) is 70.1 Å². The number of imidazole rings is 1. The van der Waals surface area contributed by atoms with Gasteiger partial charge in [0.05, 0.1) is 15.6 Å². The van der Waals surface area contributed by atoms with Gasteiger partial charge in [0.15, 0.2) is 0 Å². The highest BCUT2D eigenvalue weighted by Crippen LogP contribution is 2.26. The molecule has 1 aliphatic rings. The molecule has 0 spiro atoms. The molecule has 1 saturated heterocycles. The third-order valence-corrected chi connectivity index (χ3v) is 6.78. The van der Waals surface area contributed by atoms with Gasteiger partial charge in [-0.1, -0.05) is 36.0 Å². The van der Waals surface area contributed by atoms with Crippen LogP contribution in [0.15, 0.2) is 48.9 Å². The van der Waals surface area contributed by atoms with E-state index in [1.54, 1.807) is 36.7 Å². The summed E-state index contributed by atoms with van der Waals surface area (Å²) in [6.07, 6.45) is 10.5. The summed E-state index contributed by atoms with van der Waals surface area (Å²) in [7, 11) is 0. The lowest BCUT2D eigenvalue weighted by atomic mass is 9.91. The zero-order valence-corrected chi connectivity index (χ0v) is 19.3. The Kier molecular flexibility index (Phi) is 7.33. The summed E-state index contributed by atoms with van der Waals surface area (Å²) >= 11 is 12.0. The van der Waals surface area contributed by atoms with Crippen LogP contribution in [-0.4, -0.2) is 45.7 Å². The highest BCUT2D eigenvalue weighted by atomic mass is 35.5. The van der Waals surface area contributed by atoms with Crippen molar-refractivity contribution < 1.29 is 9.59 Å². The number of rotatable bonds is 7. The number of benzene rings is 1. The van der Waals surface area contributed by atoms with Gasteiger partial charge in [-0.25, -0.2) is 4.98 Å². The van der Waals surface area contributed by atoms with E-state index in [-0.39, 0.29) is 11.8 Å². The molecule has 4 rings (SSSR count). The van der Waals surface area contributed by atoms with Crippen LogP contribution in [0.5, 0.6) is 0 Å². The number of unbranched alkanes of at least 4 members (excludes halogenated alkanes) is 1. The third kappa shape index (κ3) is 5.43. The average Bonchev–Trinajstić information content (AvgIpc) is 3.28. The van der Waals surface area contributed by atoms with Crippen LogP contribution in [0.25, 0.3) is 5.65 Å². The van der Waals surface area contributed by atoms with Gasteiger partial charge in [0.1, 0.15) is 5.65 Å². The topological polar surface area (TPSA) is 66.7 Å². The molecule has 3 heterocycles. The first-order valence-corrected chi connectivity index (χ1v) is 11.7. The van der Waals surface area contributed by atoms with Crippen molar-refractivity contribution in [2.45, 2.75) is 32.1 Å². The normalized spacial score (nSPS) is 14.6. The Bertz CT molecular complexity index is 1110. The summed E-state index contributed by atoms with van der Waals surface area (Å²) in [5.74, 6) is 0.570. The number of hydrogen-bond donors (Lipinski definition) is 1. The molecule has 1 aromatic carbocycles. The minimum atomic E-state index is -0.0604. The maximum Gasteiger partial charge on any atom is 0.253 e. The van der Waals surface area contributed by atoms with E-state index < -0.39 is 0 Å². The van der Waals surface area contributed by atoms with Gasteiger partial charge in [0.2, 0.25) is 0 Å². The van der Waals surface area contributed by atoms with Crippen molar-refractivity contribution >= 4 is 40.7 Å². The Labute approximate surface area is 197 Å². The fourth-order valence-electron chi connectivity index (χ4n) is 4.15. The van der Waals surface area contributed by atoms with Crippen LogP contribution in [-0.2, 0) is 0 Å². The smallest absolute Gasteiger partial charge is 0.253 e. The molecule has 2 aromatic heterocycles. The lowest BCUT2D eigenvalue weighted by molar-refractivity contribution is 0.0686. The lowest BCUT2D eigenvalue weighted by Gasteiger charge is -2.32. The number of carbonyl (C=O) groups is 2. The summed E-state index contributed by atoms with van der Waals surface area (Å²) < 4.78 is 1.84. The lowest BCUT2D eigenvalue weighted by Crippen LogP contribution is -2.38. The van der Waals surface area contributed by atoms with E-state index in [9.17, 15) is 9.59 Å². The van der Waals surface area contributed by atoms with Crippen molar-refractivity contribution in [1.29, 1.82) is 0 Å². The molecule has 0 bridgehead atoms. The van der Waals surface area contributed by atoms with Gasteiger partial charge in [0, 0.05) is 43.8 Å². The zero-order chi connectivity index (χ0) is 22.5. The Hall–Kier alpha value is -2.57. The van der Waals surface area contributed by atoms with Crippen LogP contribution >= 0.6 is 23.2 Å². The van der Waals surface area contributed by atoms with Crippen LogP contribution in [0, 0.1) is 5.92 Å². The number of fused-ring (bicyclic) bond motifs is 1. The Balaban J connectivity index is 1.14. The first-order valence-electron chi connectivity index (χ1n) is 11.0. The van der Waals surface area contributed by atoms with Gasteiger partial charge in [-0.3, -0.25) is 9.59 Å². The van der Waals surface area contributed by atoms with E-state index in [0.29, 0.717) is 33.6 Å². The quantitative estimate of drug-likeness (QED) is 0.486. The predicted octanol–water partition coefficient (Wildman–Crippen LogP) is 5.09. The molecule has 8 heteroatoms. The molecular weight excluding hydrogens is 447 g/mol. The van der Waals surface area contributed by atoms with Gasteiger partial charge >= 0.3 is 0 Å². The van der Waals surface area contributed by atoms with Gasteiger partial charge in [0.25, 0.3) is 11.8 Å². The summed E-state index contributed by atoms with van der Waals surface area (Å²) in [5, 5.41) is 3.86. The highest BCUT2D eigenvalue weighted by molar-refractivity contribution is 6.42. The van der Waals surface area contributed by atoms with Gasteiger partial charge in [-0.05, 0) is 55.5 Å². The Morgan fingerprint density at radius 3 is 2.59 bits per heavy atom. The monoisotopic (exact) mass is 472 g/mol. The van der Waals surface area contributed by atoms with E-state index in [0.717, 1.165) is 50.8 Å². The number of aromatic nitrogens is 2. The molecule has 1 N–H and O–H groups in total. The molecule has 3 aromatic rings. The molecule has 1 fully saturated rings. The van der Waals surface area contributed by atoms with Crippen molar-refractivity contribution in [2.75, 3.05) is 19.6 Å². The number of piperidine rings is 1. The maximum absolute atomic E-state index is 12.7. The largest absolute Gasteiger partial charge is 0.352 e. The number of carbonyl (C=O) groups excluding carboxylic acids is 2.